The summed E-state index contributed by atoms with van der Waals surface area (Å²) in [5.41, 5.74) is 0.399. The van der Waals surface area contributed by atoms with Crippen LogP contribution in [-0.4, -0.2) is 17.6 Å². The number of nitro benzene ring substituents is 1. The molecular weight excluding hydrogens is 220 g/mol. The zero-order valence-corrected chi connectivity index (χ0v) is 9.97. The van der Waals surface area contributed by atoms with E-state index in [0.29, 0.717) is 12.2 Å². The van der Waals surface area contributed by atoms with Crippen molar-refractivity contribution >= 4 is 11.4 Å². The van der Waals surface area contributed by atoms with Gasteiger partial charge in [-0.3, -0.25) is 10.1 Å². The van der Waals surface area contributed by atoms with Gasteiger partial charge in [-0.25, -0.2) is 0 Å². The normalized spacial score (nSPS) is 10.1. The summed E-state index contributed by atoms with van der Waals surface area (Å²) in [6, 6.07) is 4.96. The van der Waals surface area contributed by atoms with Gasteiger partial charge in [0.15, 0.2) is 5.75 Å². The molecule has 17 heavy (non-hydrogen) atoms. The van der Waals surface area contributed by atoms with Crippen LogP contribution in [0.3, 0.4) is 0 Å². The van der Waals surface area contributed by atoms with E-state index < -0.39 is 4.92 Å². The molecule has 1 aromatic rings. The van der Waals surface area contributed by atoms with Gasteiger partial charge >= 0.3 is 5.69 Å². The highest BCUT2D eigenvalue weighted by Crippen LogP contribution is 2.35. The first-order valence-corrected chi connectivity index (χ1v) is 5.35. The SMILES string of the molecule is C=CCNc1cccc(OC(C)C)c1[N+](=O)[O-]. The third kappa shape index (κ3) is 3.48. The maximum atomic E-state index is 11.0. The standard InChI is InChI=1S/C12H16N2O3/c1-4-8-13-10-6-5-7-11(17-9(2)3)12(10)14(15)16/h4-7,9,13H,1,8H2,2-3H3. The summed E-state index contributed by atoms with van der Waals surface area (Å²) in [6.45, 7) is 7.68. The van der Waals surface area contributed by atoms with Crippen molar-refractivity contribution < 1.29 is 9.66 Å². The molecule has 92 valence electrons. The van der Waals surface area contributed by atoms with Crippen molar-refractivity contribution in [1.29, 1.82) is 0 Å². The molecule has 0 aliphatic carbocycles. The van der Waals surface area contributed by atoms with Crippen LogP contribution in [0.5, 0.6) is 5.75 Å². The van der Waals surface area contributed by atoms with E-state index in [1.807, 2.05) is 13.8 Å². The Kier molecular flexibility index (Phi) is 4.51. The Morgan fingerprint density at radius 3 is 2.82 bits per heavy atom. The van der Waals surface area contributed by atoms with Gasteiger partial charge in [-0.2, -0.15) is 0 Å². The summed E-state index contributed by atoms with van der Waals surface area (Å²) in [5.74, 6) is 0.277. The molecule has 0 atom stereocenters. The van der Waals surface area contributed by atoms with Gasteiger partial charge in [0.2, 0.25) is 0 Å². The lowest BCUT2D eigenvalue weighted by Crippen LogP contribution is -2.09. The van der Waals surface area contributed by atoms with Gasteiger partial charge in [-0.05, 0) is 26.0 Å². The quantitative estimate of drug-likeness (QED) is 0.468. The number of anilines is 1. The van der Waals surface area contributed by atoms with E-state index >= 15 is 0 Å². The lowest BCUT2D eigenvalue weighted by molar-refractivity contribution is -0.385. The van der Waals surface area contributed by atoms with E-state index in [9.17, 15) is 10.1 Å². The van der Waals surface area contributed by atoms with Gasteiger partial charge in [0.05, 0.1) is 11.0 Å². The van der Waals surface area contributed by atoms with Crippen LogP contribution in [0.25, 0.3) is 0 Å². The molecule has 1 aromatic carbocycles. The van der Waals surface area contributed by atoms with Gasteiger partial charge in [0.1, 0.15) is 5.69 Å². The zero-order chi connectivity index (χ0) is 12.8. The van der Waals surface area contributed by atoms with Crippen molar-refractivity contribution in [3.05, 3.63) is 41.0 Å². The summed E-state index contributed by atoms with van der Waals surface area (Å²) in [5, 5.41) is 14.0. The summed E-state index contributed by atoms with van der Waals surface area (Å²) in [6.07, 6.45) is 1.53. The molecule has 0 spiro atoms. The number of benzene rings is 1. The van der Waals surface area contributed by atoms with Crippen molar-refractivity contribution in [3.8, 4) is 5.75 Å². The first-order valence-electron chi connectivity index (χ1n) is 5.35. The minimum absolute atomic E-state index is 0.0388. The van der Waals surface area contributed by atoms with Crippen LogP contribution >= 0.6 is 0 Å². The Labute approximate surface area is 100 Å². The van der Waals surface area contributed by atoms with E-state index in [1.165, 1.54) is 0 Å². The highest BCUT2D eigenvalue weighted by atomic mass is 16.6. The average Bonchev–Trinajstić information content (AvgIpc) is 2.25. The Hall–Kier alpha value is -2.04. The van der Waals surface area contributed by atoms with Crippen LogP contribution in [-0.2, 0) is 0 Å². The van der Waals surface area contributed by atoms with Crippen LogP contribution in [0.1, 0.15) is 13.8 Å². The molecule has 0 saturated carbocycles. The Bertz CT molecular complexity index is 416. The fourth-order valence-corrected chi connectivity index (χ4v) is 1.38. The Morgan fingerprint density at radius 1 is 1.59 bits per heavy atom. The van der Waals surface area contributed by atoms with Gasteiger partial charge in [-0.15, -0.1) is 6.58 Å². The number of nitrogens with zero attached hydrogens (tertiary/aromatic N) is 1. The first-order chi connectivity index (χ1) is 8.06. The van der Waals surface area contributed by atoms with Crippen LogP contribution in [0.2, 0.25) is 0 Å². The first kappa shape index (κ1) is 13.0. The molecule has 0 unspecified atom stereocenters. The smallest absolute Gasteiger partial charge is 0.333 e. The zero-order valence-electron chi connectivity index (χ0n) is 9.97. The molecule has 0 heterocycles. The van der Waals surface area contributed by atoms with Crippen LogP contribution < -0.4 is 10.1 Å². The summed E-state index contributed by atoms with van der Waals surface area (Å²) in [7, 11) is 0. The van der Waals surface area contributed by atoms with E-state index in [4.69, 9.17) is 4.74 Å². The highest BCUT2D eigenvalue weighted by molar-refractivity contribution is 5.68. The number of rotatable bonds is 6. The number of para-hydroxylation sites is 1. The molecule has 0 fully saturated rings. The number of nitrogens with one attached hydrogen (secondary N) is 1. The molecule has 0 bridgehead atoms. The molecular formula is C12H16N2O3. The molecule has 0 radical (unpaired) electrons. The summed E-state index contributed by atoms with van der Waals surface area (Å²) < 4.78 is 5.42. The van der Waals surface area contributed by atoms with E-state index in [1.54, 1.807) is 24.3 Å². The maximum Gasteiger partial charge on any atom is 0.333 e. The molecule has 0 aliphatic rings. The van der Waals surface area contributed by atoms with E-state index in [2.05, 4.69) is 11.9 Å². The third-order valence-electron chi connectivity index (χ3n) is 1.98. The number of nitro groups is 1. The lowest BCUT2D eigenvalue weighted by Gasteiger charge is -2.12. The number of hydrogen-bond acceptors (Lipinski definition) is 4. The van der Waals surface area contributed by atoms with Crippen LogP contribution in [0, 0.1) is 10.1 Å². The fraction of sp³-hybridized carbons (Fsp3) is 0.333. The molecule has 0 aromatic heterocycles. The lowest BCUT2D eigenvalue weighted by atomic mass is 10.2. The Balaban J connectivity index is 3.12. The monoisotopic (exact) mass is 236 g/mol. The summed E-state index contributed by atoms with van der Waals surface area (Å²) >= 11 is 0. The highest BCUT2D eigenvalue weighted by Gasteiger charge is 2.21. The van der Waals surface area contributed by atoms with Gasteiger partial charge in [0, 0.05) is 6.54 Å². The number of hydrogen-bond donors (Lipinski definition) is 1. The second kappa shape index (κ2) is 5.89. The van der Waals surface area contributed by atoms with E-state index in [0.717, 1.165) is 0 Å². The van der Waals surface area contributed by atoms with E-state index in [-0.39, 0.29) is 17.5 Å². The Morgan fingerprint density at radius 2 is 2.29 bits per heavy atom. The van der Waals surface area contributed by atoms with Crippen molar-refractivity contribution in [2.75, 3.05) is 11.9 Å². The minimum atomic E-state index is -0.441. The van der Waals surface area contributed by atoms with Gasteiger partial charge in [-0.1, -0.05) is 12.1 Å². The average molecular weight is 236 g/mol. The van der Waals surface area contributed by atoms with Crippen LogP contribution in [0.15, 0.2) is 30.9 Å². The fourth-order valence-electron chi connectivity index (χ4n) is 1.38. The molecule has 0 aliphatic heterocycles. The molecule has 5 heteroatoms. The van der Waals surface area contributed by atoms with Crippen molar-refractivity contribution in [1.82, 2.24) is 0 Å². The van der Waals surface area contributed by atoms with Crippen molar-refractivity contribution in [2.45, 2.75) is 20.0 Å². The molecule has 0 saturated heterocycles. The third-order valence-corrected chi connectivity index (χ3v) is 1.98. The minimum Gasteiger partial charge on any atom is -0.484 e. The molecule has 0 amide bonds. The predicted octanol–water partition coefficient (Wildman–Crippen LogP) is 2.98. The predicted molar refractivity (Wildman–Crippen MR) is 67.5 cm³/mol. The van der Waals surface area contributed by atoms with Crippen molar-refractivity contribution in [3.63, 3.8) is 0 Å². The van der Waals surface area contributed by atoms with Gasteiger partial charge in [0.25, 0.3) is 0 Å². The maximum absolute atomic E-state index is 11.0. The largest absolute Gasteiger partial charge is 0.484 e. The second-order valence-corrected chi connectivity index (χ2v) is 3.75. The number of ether oxygens (including phenoxy) is 1. The summed E-state index contributed by atoms with van der Waals surface area (Å²) in [4.78, 5) is 10.6. The molecule has 1 rings (SSSR count). The molecule has 5 nitrogen and oxygen atoms in total. The molecule has 1 N–H and O–H groups in total. The topological polar surface area (TPSA) is 64.4 Å². The van der Waals surface area contributed by atoms with Gasteiger partial charge < -0.3 is 10.1 Å². The van der Waals surface area contributed by atoms with Crippen LogP contribution in [0.4, 0.5) is 11.4 Å². The second-order valence-electron chi connectivity index (χ2n) is 3.75. The van der Waals surface area contributed by atoms with Crippen molar-refractivity contribution in [2.24, 2.45) is 0 Å².